The Balaban J connectivity index is 1.66. The van der Waals surface area contributed by atoms with Gasteiger partial charge < -0.3 is 14.1 Å². The van der Waals surface area contributed by atoms with E-state index in [1.54, 1.807) is 13.1 Å². The first kappa shape index (κ1) is 26.0. The van der Waals surface area contributed by atoms with Gasteiger partial charge >= 0.3 is 0 Å². The molecule has 2 saturated heterocycles. The average Bonchev–Trinajstić information content (AvgIpc) is 3.52. The summed E-state index contributed by atoms with van der Waals surface area (Å²) in [6, 6.07) is 31.7. The van der Waals surface area contributed by atoms with E-state index in [0.717, 1.165) is 11.3 Å². The zero-order chi connectivity index (χ0) is 26.8. The SMILES string of the molecule is CN1C(=O)/C(=C\c2nc([P+](c3ccccc3)(c3ccccc3)c3ccccc3)c(N3CCOCC3)o2)SC1=S. The Kier molecular flexibility index (Phi) is 7.36. The normalized spacial score (nSPS) is 17.3. The van der Waals surface area contributed by atoms with Crippen LogP contribution in [0.5, 0.6) is 0 Å². The predicted octanol–water partition coefficient (Wildman–Crippen LogP) is 3.96. The summed E-state index contributed by atoms with van der Waals surface area (Å²) < 4.78 is 12.8. The standard InChI is InChI=1S/C30H27N3O3PS2/c1-32-28(34)25(39-30(32)38)21-26-31-27(29(36-26)33-17-19-35-20-18-33)37(22-11-5-2-6-12-22,23-13-7-3-8-14-23)24-15-9-4-10-16-24/h2-16,21H,17-20H2,1H3/q+1/b25-21+. The Labute approximate surface area is 238 Å². The maximum absolute atomic E-state index is 12.8. The number of morpholine rings is 1. The first-order valence-electron chi connectivity index (χ1n) is 12.7. The van der Waals surface area contributed by atoms with E-state index in [1.165, 1.54) is 32.6 Å². The van der Waals surface area contributed by atoms with Crippen molar-refractivity contribution >= 4 is 74.8 Å². The second kappa shape index (κ2) is 11.1. The molecule has 39 heavy (non-hydrogen) atoms. The van der Waals surface area contributed by atoms with Crippen molar-refractivity contribution in [3.63, 3.8) is 0 Å². The summed E-state index contributed by atoms with van der Waals surface area (Å²) in [5, 5.41) is 3.53. The van der Waals surface area contributed by atoms with Gasteiger partial charge in [0.1, 0.15) is 20.2 Å². The molecule has 196 valence electrons. The highest BCUT2D eigenvalue weighted by Gasteiger charge is 2.53. The summed E-state index contributed by atoms with van der Waals surface area (Å²) in [5.74, 6) is 0.974. The van der Waals surface area contributed by atoms with E-state index >= 15 is 0 Å². The molecule has 0 N–H and O–H groups in total. The molecule has 1 aromatic heterocycles. The minimum Gasteiger partial charge on any atom is -0.417 e. The minimum absolute atomic E-state index is 0.145. The zero-order valence-corrected chi connectivity index (χ0v) is 23.9. The first-order valence-corrected chi connectivity index (χ1v) is 15.7. The zero-order valence-electron chi connectivity index (χ0n) is 21.4. The molecule has 6 rings (SSSR count). The Hall–Kier alpha value is -3.29. The number of amides is 1. The molecule has 3 heterocycles. The molecule has 6 nitrogen and oxygen atoms in total. The number of aromatic nitrogens is 1. The lowest BCUT2D eigenvalue weighted by Crippen LogP contribution is -2.44. The van der Waals surface area contributed by atoms with Gasteiger partial charge in [0, 0.05) is 26.2 Å². The van der Waals surface area contributed by atoms with Crippen molar-refractivity contribution in [1.29, 1.82) is 0 Å². The molecule has 0 saturated carbocycles. The van der Waals surface area contributed by atoms with Gasteiger partial charge in [0.25, 0.3) is 17.2 Å². The van der Waals surface area contributed by atoms with Crippen LogP contribution >= 0.6 is 31.2 Å². The van der Waals surface area contributed by atoms with Gasteiger partial charge in [0.2, 0.25) is 5.89 Å². The van der Waals surface area contributed by atoms with Crippen LogP contribution in [-0.2, 0) is 9.53 Å². The number of thioether (sulfide) groups is 1. The van der Waals surface area contributed by atoms with E-state index in [-0.39, 0.29) is 5.91 Å². The van der Waals surface area contributed by atoms with Crippen LogP contribution in [0.2, 0.25) is 0 Å². The highest BCUT2D eigenvalue weighted by molar-refractivity contribution is 8.26. The third kappa shape index (κ3) is 4.72. The molecule has 0 unspecified atom stereocenters. The fraction of sp³-hybridized carbons (Fsp3) is 0.167. The van der Waals surface area contributed by atoms with Crippen LogP contribution in [0.25, 0.3) is 6.08 Å². The van der Waals surface area contributed by atoms with Crippen LogP contribution in [0, 0.1) is 0 Å². The van der Waals surface area contributed by atoms with Crippen molar-refractivity contribution in [2.75, 3.05) is 38.3 Å². The number of carbonyl (C=O) groups excluding carboxylic acids is 1. The van der Waals surface area contributed by atoms with Gasteiger partial charge in [0.05, 0.1) is 18.1 Å². The molecular weight excluding hydrogens is 545 g/mol. The van der Waals surface area contributed by atoms with Gasteiger partial charge in [-0.25, -0.2) is 0 Å². The van der Waals surface area contributed by atoms with Crippen LogP contribution in [0.15, 0.2) is 100 Å². The maximum atomic E-state index is 12.8. The van der Waals surface area contributed by atoms with Crippen LogP contribution in [0.4, 0.5) is 5.88 Å². The molecule has 9 heteroatoms. The van der Waals surface area contributed by atoms with Crippen molar-refractivity contribution in [2.24, 2.45) is 0 Å². The number of thiocarbonyl (C=S) groups is 1. The van der Waals surface area contributed by atoms with Crippen molar-refractivity contribution in [3.05, 3.63) is 102 Å². The van der Waals surface area contributed by atoms with E-state index in [1.807, 2.05) is 18.2 Å². The quantitative estimate of drug-likeness (QED) is 0.197. The summed E-state index contributed by atoms with van der Waals surface area (Å²) in [6.45, 7) is 2.60. The lowest BCUT2D eigenvalue weighted by Gasteiger charge is -2.30. The molecule has 0 atom stereocenters. The molecule has 2 aliphatic rings. The minimum atomic E-state index is -2.52. The second-order valence-electron chi connectivity index (χ2n) is 9.20. The van der Waals surface area contributed by atoms with Crippen LogP contribution in [0.3, 0.4) is 0 Å². The molecule has 0 spiro atoms. The number of hydrogen-bond donors (Lipinski definition) is 0. The number of ether oxygens (including phenoxy) is 1. The number of rotatable bonds is 6. The van der Waals surface area contributed by atoms with Crippen LogP contribution in [-0.4, -0.2) is 53.5 Å². The van der Waals surface area contributed by atoms with E-state index in [2.05, 4.69) is 77.7 Å². The third-order valence-electron chi connectivity index (χ3n) is 6.90. The van der Waals surface area contributed by atoms with Crippen molar-refractivity contribution in [2.45, 2.75) is 0 Å². The maximum Gasteiger partial charge on any atom is 0.266 e. The molecular formula is C30H27N3O3PS2+. The summed E-state index contributed by atoms with van der Waals surface area (Å²) in [7, 11) is -0.828. The number of anilines is 1. The summed E-state index contributed by atoms with van der Waals surface area (Å²) in [4.78, 5) is 22.3. The lowest BCUT2D eigenvalue weighted by atomic mass is 10.4. The summed E-state index contributed by atoms with van der Waals surface area (Å²) >= 11 is 6.62. The van der Waals surface area contributed by atoms with E-state index in [0.29, 0.717) is 41.4 Å². The Morgan fingerprint density at radius 3 is 1.85 bits per heavy atom. The topological polar surface area (TPSA) is 58.8 Å². The van der Waals surface area contributed by atoms with Gasteiger partial charge in [-0.3, -0.25) is 9.69 Å². The number of likely N-dealkylation sites (N-methyl/N-ethyl adjacent to an activating group) is 1. The number of carbonyl (C=O) groups is 1. The Morgan fingerprint density at radius 1 is 0.872 bits per heavy atom. The van der Waals surface area contributed by atoms with Gasteiger partial charge in [0.15, 0.2) is 7.26 Å². The Bertz CT molecular complexity index is 1420. The number of hydrogen-bond acceptors (Lipinski definition) is 7. The number of benzene rings is 3. The van der Waals surface area contributed by atoms with E-state index in [4.69, 9.17) is 26.4 Å². The monoisotopic (exact) mass is 572 g/mol. The van der Waals surface area contributed by atoms with Gasteiger partial charge in [-0.05, 0) is 36.4 Å². The number of oxazole rings is 1. The highest BCUT2D eigenvalue weighted by atomic mass is 32.2. The highest BCUT2D eigenvalue weighted by Crippen LogP contribution is 2.56. The van der Waals surface area contributed by atoms with Crippen LogP contribution < -0.4 is 26.2 Å². The predicted molar refractivity (Wildman–Crippen MR) is 165 cm³/mol. The fourth-order valence-corrected chi connectivity index (χ4v) is 10.4. The Morgan fingerprint density at radius 2 is 1.38 bits per heavy atom. The summed E-state index contributed by atoms with van der Waals surface area (Å²) in [6.07, 6.45) is 1.73. The van der Waals surface area contributed by atoms with Gasteiger partial charge in [-0.1, -0.05) is 78.6 Å². The average molecular weight is 573 g/mol. The molecule has 0 bridgehead atoms. The largest absolute Gasteiger partial charge is 0.417 e. The fourth-order valence-electron chi connectivity index (χ4n) is 5.00. The first-order chi connectivity index (χ1) is 19.1. The second-order valence-corrected chi connectivity index (χ2v) is 14.2. The molecule has 1 amide bonds. The van der Waals surface area contributed by atoms with Crippen molar-refractivity contribution in [1.82, 2.24) is 9.88 Å². The lowest BCUT2D eigenvalue weighted by molar-refractivity contribution is -0.121. The van der Waals surface area contributed by atoms with Crippen LogP contribution in [0.1, 0.15) is 5.89 Å². The van der Waals surface area contributed by atoms with E-state index in [9.17, 15) is 4.79 Å². The third-order valence-corrected chi connectivity index (χ3v) is 12.5. The van der Waals surface area contributed by atoms with E-state index < -0.39 is 7.26 Å². The van der Waals surface area contributed by atoms with Crippen molar-refractivity contribution < 1.29 is 13.9 Å². The smallest absolute Gasteiger partial charge is 0.266 e. The van der Waals surface area contributed by atoms with Crippen molar-refractivity contribution in [3.8, 4) is 0 Å². The molecule has 2 aliphatic heterocycles. The molecule has 0 radical (unpaired) electrons. The molecule has 2 fully saturated rings. The van der Waals surface area contributed by atoms with Gasteiger partial charge in [-0.2, -0.15) is 4.98 Å². The molecule has 4 aromatic rings. The summed E-state index contributed by atoms with van der Waals surface area (Å²) in [5.41, 5.74) is 0.881. The molecule has 0 aliphatic carbocycles. The molecule has 3 aromatic carbocycles. The number of nitrogens with zero attached hydrogens (tertiary/aromatic N) is 3. The van der Waals surface area contributed by atoms with Gasteiger partial charge in [-0.15, -0.1) is 0 Å².